The normalized spacial score (nSPS) is 26.0. The van der Waals surface area contributed by atoms with Crippen LogP contribution >= 0.6 is 0 Å². The summed E-state index contributed by atoms with van der Waals surface area (Å²) in [6, 6.07) is 8.30. The molecule has 1 aromatic rings. The summed E-state index contributed by atoms with van der Waals surface area (Å²) >= 11 is 0. The number of benzene rings is 1. The number of piperidine rings is 2. The SMILES string of the molecule is CN1CCC2(CC1)CC(NC(=O)C1CCN(C(=O)N3CCCC3)CC1)c1ccccc1O2. The van der Waals surface area contributed by atoms with Crippen LogP contribution in [-0.4, -0.2) is 78.6 Å². The molecular weight excluding hydrogens is 404 g/mol. The molecule has 7 heteroatoms. The van der Waals surface area contributed by atoms with Crippen LogP contribution in [0.2, 0.25) is 0 Å². The van der Waals surface area contributed by atoms with Crippen molar-refractivity contribution in [3.05, 3.63) is 29.8 Å². The summed E-state index contributed by atoms with van der Waals surface area (Å²) in [5, 5.41) is 3.38. The minimum Gasteiger partial charge on any atom is -0.487 e. The number of nitrogens with one attached hydrogen (secondary N) is 1. The number of hydrogen-bond donors (Lipinski definition) is 1. The van der Waals surface area contributed by atoms with Gasteiger partial charge in [0, 0.05) is 57.2 Å². The quantitative estimate of drug-likeness (QED) is 0.768. The molecule has 3 fully saturated rings. The van der Waals surface area contributed by atoms with Gasteiger partial charge in [0.15, 0.2) is 0 Å². The summed E-state index contributed by atoms with van der Waals surface area (Å²) in [7, 11) is 2.16. The number of urea groups is 1. The van der Waals surface area contributed by atoms with Crippen molar-refractivity contribution < 1.29 is 14.3 Å². The Morgan fingerprint density at radius 3 is 2.34 bits per heavy atom. The monoisotopic (exact) mass is 440 g/mol. The van der Waals surface area contributed by atoms with Crippen molar-refractivity contribution in [1.29, 1.82) is 0 Å². The molecule has 4 heterocycles. The third-order valence-electron chi connectivity index (χ3n) is 7.92. The van der Waals surface area contributed by atoms with Gasteiger partial charge in [-0.3, -0.25) is 4.79 Å². The number of likely N-dealkylation sites (tertiary alicyclic amines) is 3. The van der Waals surface area contributed by atoms with Crippen LogP contribution in [0.1, 0.15) is 56.6 Å². The predicted octanol–water partition coefficient (Wildman–Crippen LogP) is 3.02. The van der Waals surface area contributed by atoms with E-state index >= 15 is 0 Å². The summed E-state index contributed by atoms with van der Waals surface area (Å²) in [6.45, 7) is 5.14. The first-order valence-electron chi connectivity index (χ1n) is 12.3. The molecule has 0 saturated carbocycles. The smallest absolute Gasteiger partial charge is 0.319 e. The fraction of sp³-hybridized carbons (Fsp3) is 0.680. The number of fused-ring (bicyclic) bond motifs is 1. The Morgan fingerprint density at radius 2 is 1.62 bits per heavy atom. The van der Waals surface area contributed by atoms with Gasteiger partial charge >= 0.3 is 6.03 Å². The summed E-state index contributed by atoms with van der Waals surface area (Å²) in [5.41, 5.74) is 0.900. The van der Waals surface area contributed by atoms with Crippen molar-refractivity contribution in [2.75, 3.05) is 46.3 Å². The number of ether oxygens (including phenoxy) is 1. The van der Waals surface area contributed by atoms with E-state index in [1.807, 2.05) is 28.0 Å². The molecule has 7 nitrogen and oxygen atoms in total. The first-order valence-corrected chi connectivity index (χ1v) is 12.3. The van der Waals surface area contributed by atoms with E-state index in [0.717, 1.165) is 82.4 Å². The third kappa shape index (κ3) is 4.32. The number of rotatable bonds is 2. The number of amides is 3. The molecule has 0 aromatic heterocycles. The lowest BCUT2D eigenvalue weighted by Gasteiger charge is -2.46. The maximum absolute atomic E-state index is 13.3. The average molecular weight is 441 g/mol. The minimum atomic E-state index is -0.190. The van der Waals surface area contributed by atoms with Crippen molar-refractivity contribution in [1.82, 2.24) is 20.0 Å². The Hall–Kier alpha value is -2.28. The molecule has 0 aliphatic carbocycles. The number of hydrogen-bond acceptors (Lipinski definition) is 4. The van der Waals surface area contributed by atoms with E-state index in [2.05, 4.69) is 23.3 Å². The molecule has 4 aliphatic heterocycles. The molecule has 1 aromatic carbocycles. The van der Waals surface area contributed by atoms with Crippen LogP contribution in [0, 0.1) is 5.92 Å². The van der Waals surface area contributed by atoms with Crippen LogP contribution in [0.5, 0.6) is 5.75 Å². The molecular formula is C25H36N4O3. The van der Waals surface area contributed by atoms with Gasteiger partial charge in [-0.05, 0) is 51.6 Å². The Kier molecular flexibility index (Phi) is 6.01. The van der Waals surface area contributed by atoms with E-state index in [1.54, 1.807) is 0 Å². The Balaban J connectivity index is 1.22. The Labute approximate surface area is 191 Å². The topological polar surface area (TPSA) is 65.1 Å². The molecule has 1 spiro atoms. The summed E-state index contributed by atoms with van der Waals surface area (Å²) < 4.78 is 6.53. The molecule has 0 radical (unpaired) electrons. The van der Waals surface area contributed by atoms with Crippen LogP contribution < -0.4 is 10.1 Å². The number of nitrogens with zero attached hydrogens (tertiary/aromatic N) is 3. The minimum absolute atomic E-state index is 0.0138. The lowest BCUT2D eigenvalue weighted by atomic mass is 9.80. The Morgan fingerprint density at radius 1 is 0.969 bits per heavy atom. The summed E-state index contributed by atoms with van der Waals surface area (Å²) in [6.07, 6.45) is 6.50. The molecule has 0 bridgehead atoms. The van der Waals surface area contributed by atoms with Gasteiger partial charge in [-0.2, -0.15) is 0 Å². The van der Waals surface area contributed by atoms with E-state index in [-0.39, 0.29) is 29.5 Å². The summed E-state index contributed by atoms with van der Waals surface area (Å²) in [4.78, 5) is 32.2. The van der Waals surface area contributed by atoms with Gasteiger partial charge in [0.1, 0.15) is 11.4 Å². The molecule has 1 atom stereocenters. The van der Waals surface area contributed by atoms with Gasteiger partial charge in [0.2, 0.25) is 5.91 Å². The van der Waals surface area contributed by atoms with Gasteiger partial charge in [-0.25, -0.2) is 4.79 Å². The lowest BCUT2D eigenvalue weighted by molar-refractivity contribution is -0.128. The number of carbonyl (C=O) groups excluding carboxylic acids is 2. The molecule has 3 amide bonds. The third-order valence-corrected chi connectivity index (χ3v) is 7.92. The van der Waals surface area contributed by atoms with Crippen molar-refractivity contribution in [2.24, 2.45) is 5.92 Å². The largest absolute Gasteiger partial charge is 0.487 e. The lowest BCUT2D eigenvalue weighted by Crippen LogP contribution is -2.52. The van der Waals surface area contributed by atoms with Gasteiger partial charge in [0.25, 0.3) is 0 Å². The highest BCUT2D eigenvalue weighted by Gasteiger charge is 2.43. The zero-order valence-electron chi connectivity index (χ0n) is 19.2. The number of carbonyl (C=O) groups is 2. The van der Waals surface area contributed by atoms with E-state index in [4.69, 9.17) is 4.74 Å². The Bertz CT molecular complexity index is 837. The first kappa shape index (κ1) is 21.6. The van der Waals surface area contributed by atoms with Crippen LogP contribution in [0.3, 0.4) is 0 Å². The van der Waals surface area contributed by atoms with Gasteiger partial charge < -0.3 is 24.8 Å². The molecule has 32 heavy (non-hydrogen) atoms. The molecule has 1 N–H and O–H groups in total. The molecule has 174 valence electrons. The van der Waals surface area contributed by atoms with Crippen molar-refractivity contribution >= 4 is 11.9 Å². The van der Waals surface area contributed by atoms with Crippen LogP contribution in [0.4, 0.5) is 4.79 Å². The second-order valence-corrected chi connectivity index (χ2v) is 10.1. The highest BCUT2D eigenvalue weighted by Crippen LogP contribution is 2.44. The van der Waals surface area contributed by atoms with Crippen molar-refractivity contribution in [3.8, 4) is 5.75 Å². The van der Waals surface area contributed by atoms with E-state index in [9.17, 15) is 9.59 Å². The second-order valence-electron chi connectivity index (χ2n) is 10.1. The molecule has 5 rings (SSSR count). The maximum atomic E-state index is 13.3. The highest BCUT2D eigenvalue weighted by molar-refractivity contribution is 5.80. The van der Waals surface area contributed by atoms with Gasteiger partial charge in [0.05, 0.1) is 6.04 Å². The van der Waals surface area contributed by atoms with Crippen LogP contribution in [-0.2, 0) is 4.79 Å². The fourth-order valence-electron chi connectivity index (χ4n) is 5.81. The van der Waals surface area contributed by atoms with Gasteiger partial charge in [-0.15, -0.1) is 0 Å². The van der Waals surface area contributed by atoms with E-state index in [1.165, 1.54) is 0 Å². The summed E-state index contributed by atoms with van der Waals surface area (Å²) in [5.74, 6) is 1.02. The van der Waals surface area contributed by atoms with Crippen molar-refractivity contribution in [3.63, 3.8) is 0 Å². The van der Waals surface area contributed by atoms with Crippen LogP contribution in [0.15, 0.2) is 24.3 Å². The molecule has 3 saturated heterocycles. The number of para-hydroxylation sites is 1. The average Bonchev–Trinajstić information content (AvgIpc) is 3.36. The zero-order chi connectivity index (χ0) is 22.1. The maximum Gasteiger partial charge on any atom is 0.319 e. The second kappa shape index (κ2) is 8.93. The van der Waals surface area contributed by atoms with E-state index in [0.29, 0.717) is 13.1 Å². The highest BCUT2D eigenvalue weighted by atomic mass is 16.5. The predicted molar refractivity (Wildman–Crippen MR) is 123 cm³/mol. The van der Waals surface area contributed by atoms with E-state index < -0.39 is 0 Å². The van der Waals surface area contributed by atoms with Crippen LogP contribution in [0.25, 0.3) is 0 Å². The zero-order valence-corrected chi connectivity index (χ0v) is 19.2. The van der Waals surface area contributed by atoms with Gasteiger partial charge in [-0.1, -0.05) is 18.2 Å². The molecule has 1 unspecified atom stereocenters. The fourth-order valence-corrected chi connectivity index (χ4v) is 5.81. The van der Waals surface area contributed by atoms with Crippen molar-refractivity contribution in [2.45, 2.75) is 56.6 Å². The standard InChI is InChI=1S/C25H36N4O3/c1-27-16-10-25(11-17-27)18-21(20-6-2-3-7-22(20)32-25)26-23(30)19-8-14-29(15-9-19)24(31)28-12-4-5-13-28/h2-3,6-7,19,21H,4-5,8-18H2,1H3,(H,26,30). The molecule has 4 aliphatic rings. The first-order chi connectivity index (χ1) is 15.5.